The number of rotatable bonds is 2. The minimum atomic E-state index is -0.622. The second kappa shape index (κ2) is 2.48. The van der Waals surface area contributed by atoms with E-state index in [4.69, 9.17) is 5.73 Å². The second-order valence-corrected chi connectivity index (χ2v) is 3.76. The molecule has 0 bridgehead atoms. The van der Waals surface area contributed by atoms with Gasteiger partial charge in [0.1, 0.15) is 0 Å². The number of likely N-dealkylation sites (N-methyl/N-ethyl adjacent to an activating group) is 1. The van der Waals surface area contributed by atoms with Crippen molar-refractivity contribution in [3.05, 3.63) is 0 Å². The van der Waals surface area contributed by atoms with E-state index < -0.39 is 5.54 Å². The first-order valence-electron chi connectivity index (χ1n) is 3.97. The van der Waals surface area contributed by atoms with Crippen molar-refractivity contribution in [3.63, 3.8) is 0 Å². The second-order valence-electron chi connectivity index (χ2n) is 3.76. The molecule has 1 aliphatic carbocycles. The lowest BCUT2D eigenvalue weighted by Gasteiger charge is -2.26. The zero-order chi connectivity index (χ0) is 8.65. The molecule has 1 aliphatic rings. The van der Waals surface area contributed by atoms with Crippen molar-refractivity contribution in [2.24, 2.45) is 11.7 Å². The van der Waals surface area contributed by atoms with Gasteiger partial charge < -0.3 is 10.6 Å². The normalized spacial score (nSPS) is 22.5. The van der Waals surface area contributed by atoms with Crippen LogP contribution in [0.4, 0.5) is 0 Å². The molecule has 0 aromatic heterocycles. The molecule has 0 aromatic rings. The molecule has 0 spiro atoms. The number of amides is 1. The Labute approximate surface area is 67.5 Å². The first-order valence-corrected chi connectivity index (χ1v) is 3.97. The summed E-state index contributed by atoms with van der Waals surface area (Å²) in [6, 6.07) is 0. The summed E-state index contributed by atoms with van der Waals surface area (Å²) in [7, 11) is 3.49. The van der Waals surface area contributed by atoms with Crippen LogP contribution in [0.2, 0.25) is 0 Å². The zero-order valence-corrected chi connectivity index (χ0v) is 7.42. The molecule has 3 nitrogen and oxygen atoms in total. The summed E-state index contributed by atoms with van der Waals surface area (Å²) >= 11 is 0. The van der Waals surface area contributed by atoms with E-state index in [1.807, 2.05) is 6.92 Å². The molecule has 1 rings (SSSR count). The summed E-state index contributed by atoms with van der Waals surface area (Å²) in [5.74, 6) is 0.456. The number of hydrogen-bond acceptors (Lipinski definition) is 2. The zero-order valence-electron chi connectivity index (χ0n) is 7.42. The third-order valence-corrected chi connectivity index (χ3v) is 2.29. The van der Waals surface area contributed by atoms with E-state index in [9.17, 15) is 4.79 Å². The Morgan fingerprint density at radius 3 is 2.27 bits per heavy atom. The highest BCUT2D eigenvalue weighted by molar-refractivity contribution is 5.86. The van der Waals surface area contributed by atoms with Crippen LogP contribution in [0.5, 0.6) is 0 Å². The fourth-order valence-corrected chi connectivity index (χ4v) is 1.34. The van der Waals surface area contributed by atoms with E-state index >= 15 is 0 Å². The molecular formula is C8H16N2O. The van der Waals surface area contributed by atoms with E-state index in [-0.39, 0.29) is 5.91 Å². The first-order chi connectivity index (χ1) is 4.96. The van der Waals surface area contributed by atoms with Gasteiger partial charge in [0.15, 0.2) is 0 Å². The average molecular weight is 156 g/mol. The highest BCUT2D eigenvalue weighted by Crippen LogP contribution is 2.38. The van der Waals surface area contributed by atoms with Gasteiger partial charge in [-0.15, -0.1) is 0 Å². The summed E-state index contributed by atoms with van der Waals surface area (Å²) in [5, 5.41) is 0. The van der Waals surface area contributed by atoms with Crippen molar-refractivity contribution in [1.82, 2.24) is 4.90 Å². The van der Waals surface area contributed by atoms with Crippen LogP contribution < -0.4 is 5.73 Å². The molecule has 2 N–H and O–H groups in total. The Bertz CT molecular complexity index is 171. The molecule has 1 unspecified atom stereocenters. The van der Waals surface area contributed by atoms with Gasteiger partial charge in [0.25, 0.3) is 0 Å². The van der Waals surface area contributed by atoms with Crippen LogP contribution in [0.15, 0.2) is 0 Å². The largest absolute Gasteiger partial charge is 0.347 e. The Morgan fingerprint density at radius 2 is 2.00 bits per heavy atom. The minimum absolute atomic E-state index is 0.0417. The van der Waals surface area contributed by atoms with Gasteiger partial charge in [-0.2, -0.15) is 0 Å². The van der Waals surface area contributed by atoms with Gasteiger partial charge in [-0.1, -0.05) is 0 Å². The lowest BCUT2D eigenvalue weighted by atomic mass is 9.96. The molecule has 1 saturated carbocycles. The molecular weight excluding hydrogens is 140 g/mol. The van der Waals surface area contributed by atoms with Crippen LogP contribution in [0.25, 0.3) is 0 Å². The smallest absolute Gasteiger partial charge is 0.242 e. The lowest BCUT2D eigenvalue weighted by Crippen LogP contribution is -2.52. The van der Waals surface area contributed by atoms with Crippen LogP contribution in [0.3, 0.4) is 0 Å². The molecule has 11 heavy (non-hydrogen) atoms. The van der Waals surface area contributed by atoms with Crippen molar-refractivity contribution in [3.8, 4) is 0 Å². The fraction of sp³-hybridized carbons (Fsp3) is 0.875. The number of nitrogens with zero attached hydrogens (tertiary/aromatic N) is 1. The molecule has 1 atom stereocenters. The molecule has 0 saturated heterocycles. The predicted molar refractivity (Wildman–Crippen MR) is 44.0 cm³/mol. The topological polar surface area (TPSA) is 46.3 Å². The summed E-state index contributed by atoms with van der Waals surface area (Å²) in [6.07, 6.45) is 2.21. The maximum absolute atomic E-state index is 11.4. The van der Waals surface area contributed by atoms with Gasteiger partial charge in [-0.3, -0.25) is 4.79 Å². The summed E-state index contributed by atoms with van der Waals surface area (Å²) in [5.41, 5.74) is 5.25. The van der Waals surface area contributed by atoms with Gasteiger partial charge in [-0.05, 0) is 25.7 Å². The Balaban J connectivity index is 2.62. The molecule has 0 aromatic carbocycles. The standard InChI is InChI=1S/C8H16N2O/c1-8(9,6-4-5-6)7(11)10(2)3/h6H,4-5,9H2,1-3H3. The van der Waals surface area contributed by atoms with Gasteiger partial charge >= 0.3 is 0 Å². The van der Waals surface area contributed by atoms with Crippen molar-refractivity contribution < 1.29 is 4.79 Å². The van der Waals surface area contributed by atoms with E-state index in [0.29, 0.717) is 5.92 Å². The number of hydrogen-bond donors (Lipinski definition) is 1. The summed E-state index contributed by atoms with van der Waals surface area (Å²) < 4.78 is 0. The van der Waals surface area contributed by atoms with Crippen molar-refractivity contribution in [2.45, 2.75) is 25.3 Å². The quantitative estimate of drug-likeness (QED) is 0.621. The minimum Gasteiger partial charge on any atom is -0.347 e. The number of carbonyl (C=O) groups is 1. The van der Waals surface area contributed by atoms with Crippen LogP contribution in [-0.2, 0) is 4.79 Å². The third kappa shape index (κ3) is 1.53. The Morgan fingerprint density at radius 1 is 1.55 bits per heavy atom. The fourth-order valence-electron chi connectivity index (χ4n) is 1.34. The van der Waals surface area contributed by atoms with Crippen LogP contribution in [-0.4, -0.2) is 30.4 Å². The average Bonchev–Trinajstić information content (AvgIpc) is 2.66. The van der Waals surface area contributed by atoms with Gasteiger partial charge in [0, 0.05) is 14.1 Å². The highest BCUT2D eigenvalue weighted by atomic mass is 16.2. The van der Waals surface area contributed by atoms with Crippen LogP contribution >= 0.6 is 0 Å². The lowest BCUT2D eigenvalue weighted by molar-refractivity contribution is -0.134. The Hall–Kier alpha value is -0.570. The summed E-state index contributed by atoms with van der Waals surface area (Å²) in [4.78, 5) is 13.0. The number of carbonyl (C=O) groups excluding carboxylic acids is 1. The molecule has 0 radical (unpaired) electrons. The molecule has 0 heterocycles. The van der Waals surface area contributed by atoms with E-state index in [2.05, 4.69) is 0 Å². The van der Waals surface area contributed by atoms with Gasteiger partial charge in [-0.25, -0.2) is 0 Å². The molecule has 64 valence electrons. The van der Waals surface area contributed by atoms with E-state index in [1.54, 1.807) is 19.0 Å². The third-order valence-electron chi connectivity index (χ3n) is 2.29. The number of nitrogens with two attached hydrogens (primary N) is 1. The van der Waals surface area contributed by atoms with Crippen LogP contribution in [0.1, 0.15) is 19.8 Å². The molecule has 3 heteroatoms. The Kier molecular flexibility index (Phi) is 1.92. The molecule has 1 amide bonds. The monoisotopic (exact) mass is 156 g/mol. The highest BCUT2D eigenvalue weighted by Gasteiger charge is 2.44. The van der Waals surface area contributed by atoms with E-state index in [1.165, 1.54) is 0 Å². The van der Waals surface area contributed by atoms with Crippen LogP contribution in [0, 0.1) is 5.92 Å². The first kappa shape index (κ1) is 8.53. The predicted octanol–water partition coefficient (Wildman–Crippen LogP) is 0.202. The maximum atomic E-state index is 11.4. The van der Waals surface area contributed by atoms with E-state index in [0.717, 1.165) is 12.8 Å². The van der Waals surface area contributed by atoms with Crippen molar-refractivity contribution in [1.29, 1.82) is 0 Å². The maximum Gasteiger partial charge on any atom is 0.242 e. The SMILES string of the molecule is CN(C)C(=O)C(C)(N)C1CC1. The molecule has 1 fully saturated rings. The summed E-state index contributed by atoms with van der Waals surface area (Å²) in [6.45, 7) is 1.83. The van der Waals surface area contributed by atoms with Crippen molar-refractivity contribution >= 4 is 5.91 Å². The van der Waals surface area contributed by atoms with Crippen molar-refractivity contribution in [2.75, 3.05) is 14.1 Å². The molecule has 0 aliphatic heterocycles. The van der Waals surface area contributed by atoms with Gasteiger partial charge in [0.05, 0.1) is 5.54 Å². The van der Waals surface area contributed by atoms with Gasteiger partial charge in [0.2, 0.25) is 5.91 Å².